The van der Waals surface area contributed by atoms with E-state index in [1.807, 2.05) is 0 Å². The van der Waals surface area contributed by atoms with E-state index in [4.69, 9.17) is 10.5 Å². The Kier molecular flexibility index (Phi) is 7.68. The quantitative estimate of drug-likeness (QED) is 0.215. The van der Waals surface area contributed by atoms with Crippen molar-refractivity contribution in [2.24, 2.45) is 0 Å². The van der Waals surface area contributed by atoms with E-state index in [9.17, 15) is 15.0 Å². The summed E-state index contributed by atoms with van der Waals surface area (Å²) in [4.78, 5) is 24.9. The number of nitrogens with two attached hydrogens (primary N) is 1. The lowest BCUT2D eigenvalue weighted by molar-refractivity contribution is -0.506. The standard InChI is InChI=1S/C29H36N8O4S/c1-15-8-17(3)36-14-37-18(4)9-16(2)24(37)19(23(15)36)6-5-7-31-21(38)11-42-10-20-25(39)26(40)29(41-20)35-13-34-22-27(30)32-12-33-28(22)35/h8-9,12-13,20,25-26,29,39-40H,5-7,10-11,14H2,1-4H3,(H2-,30,31,32,33,38)/p+1/t20-,25?,26+,29-/m1/s1. The van der Waals surface area contributed by atoms with Gasteiger partial charge in [-0.2, -0.15) is 4.58 Å². The molecular weight excluding hydrogens is 556 g/mol. The zero-order valence-electron chi connectivity index (χ0n) is 24.2. The summed E-state index contributed by atoms with van der Waals surface area (Å²) in [5, 5.41) is 24.3. The van der Waals surface area contributed by atoms with Gasteiger partial charge in [-0.1, -0.05) is 0 Å². The Balaban J connectivity index is 1.00. The summed E-state index contributed by atoms with van der Waals surface area (Å²) in [6.07, 6.45) is 2.87. The fourth-order valence-electron chi connectivity index (χ4n) is 6.32. The van der Waals surface area contributed by atoms with Crippen molar-refractivity contribution >= 4 is 45.9 Å². The average Bonchev–Trinajstić information content (AvgIpc) is 3.67. The fourth-order valence-corrected chi connectivity index (χ4v) is 7.23. The fraction of sp³-hybridized carbons (Fsp3) is 0.483. The van der Waals surface area contributed by atoms with Crippen LogP contribution in [0.2, 0.25) is 0 Å². The number of nitrogen functional groups attached to an aromatic ring is 1. The Labute approximate surface area is 248 Å². The first-order chi connectivity index (χ1) is 20.2. The van der Waals surface area contributed by atoms with Crippen molar-refractivity contribution in [3.8, 4) is 0 Å². The molecule has 0 spiro atoms. The highest BCUT2D eigenvalue weighted by molar-refractivity contribution is 8.00. The second kappa shape index (κ2) is 11.3. The maximum Gasteiger partial charge on any atom is 0.229 e. The minimum Gasteiger partial charge on any atom is -0.387 e. The molecule has 0 saturated carbocycles. The molecule has 3 aromatic rings. The van der Waals surface area contributed by atoms with Gasteiger partial charge in [-0.05, 0) is 45.2 Å². The summed E-state index contributed by atoms with van der Waals surface area (Å²) in [5.41, 5.74) is 15.7. The molecule has 6 heterocycles. The van der Waals surface area contributed by atoms with Crippen molar-refractivity contribution in [2.75, 3.05) is 23.8 Å². The number of imidazole rings is 1. The number of ether oxygens (including phenoxy) is 1. The molecule has 3 aliphatic rings. The summed E-state index contributed by atoms with van der Waals surface area (Å²) in [7, 11) is 0. The van der Waals surface area contributed by atoms with Crippen molar-refractivity contribution in [3.05, 3.63) is 53.0 Å². The highest BCUT2D eigenvalue weighted by atomic mass is 32.2. The van der Waals surface area contributed by atoms with E-state index in [1.165, 1.54) is 63.9 Å². The summed E-state index contributed by atoms with van der Waals surface area (Å²) >= 11 is 1.36. The second-order valence-corrected chi connectivity index (χ2v) is 12.2. The number of aromatic nitrogens is 5. The van der Waals surface area contributed by atoms with E-state index < -0.39 is 24.5 Å². The summed E-state index contributed by atoms with van der Waals surface area (Å²) in [5.74, 6) is 0.720. The third-order valence-corrected chi connectivity index (χ3v) is 9.31. The molecule has 1 fully saturated rings. The number of aliphatic hydroxyl groups is 2. The van der Waals surface area contributed by atoms with Crippen LogP contribution in [-0.4, -0.2) is 86.9 Å². The highest BCUT2D eigenvalue weighted by Crippen LogP contribution is 2.38. The Morgan fingerprint density at radius 2 is 2.02 bits per heavy atom. The molecule has 12 nitrogen and oxygen atoms in total. The van der Waals surface area contributed by atoms with Gasteiger partial charge < -0.3 is 26.0 Å². The molecule has 3 aromatic heterocycles. The monoisotopic (exact) mass is 593 g/mol. The van der Waals surface area contributed by atoms with Gasteiger partial charge in [0.15, 0.2) is 23.4 Å². The van der Waals surface area contributed by atoms with Crippen LogP contribution < -0.4 is 11.1 Å². The van der Waals surface area contributed by atoms with E-state index in [1.54, 1.807) is 4.57 Å². The lowest BCUT2D eigenvalue weighted by atomic mass is 9.97. The van der Waals surface area contributed by atoms with Gasteiger partial charge >= 0.3 is 0 Å². The van der Waals surface area contributed by atoms with Crippen molar-refractivity contribution in [2.45, 2.75) is 71.7 Å². The van der Waals surface area contributed by atoms with Gasteiger partial charge in [0.05, 0.1) is 23.9 Å². The number of allylic oxidation sites excluding steroid dienone is 3. The molecule has 3 aliphatic heterocycles. The molecule has 0 radical (unpaired) electrons. The molecule has 1 unspecified atom stereocenters. The van der Waals surface area contributed by atoms with Gasteiger partial charge in [0.25, 0.3) is 0 Å². The van der Waals surface area contributed by atoms with E-state index in [-0.39, 0.29) is 17.5 Å². The smallest absolute Gasteiger partial charge is 0.229 e. The van der Waals surface area contributed by atoms with Crippen LogP contribution in [0.15, 0.2) is 36.1 Å². The van der Waals surface area contributed by atoms with E-state index in [0.717, 1.165) is 19.5 Å². The van der Waals surface area contributed by atoms with Gasteiger partial charge in [-0.25, -0.2) is 15.0 Å². The normalized spacial score (nSPS) is 23.5. The number of aryl methyl sites for hydroxylation is 2. The van der Waals surface area contributed by atoms with Gasteiger partial charge in [0.1, 0.15) is 24.1 Å². The number of hydrogen-bond donors (Lipinski definition) is 4. The number of thioether (sulfide) groups is 1. The maximum absolute atomic E-state index is 12.6. The predicted molar refractivity (Wildman–Crippen MR) is 161 cm³/mol. The first-order valence-corrected chi connectivity index (χ1v) is 15.3. The number of fused-ring (bicyclic) bond motifs is 3. The third-order valence-electron chi connectivity index (χ3n) is 8.28. The van der Waals surface area contributed by atoms with Crippen molar-refractivity contribution in [1.82, 2.24) is 29.4 Å². The summed E-state index contributed by atoms with van der Waals surface area (Å²) < 4.78 is 12.3. The summed E-state index contributed by atoms with van der Waals surface area (Å²) in [6, 6.07) is 2.25. The number of carbonyl (C=O) groups is 1. The molecule has 0 bridgehead atoms. The Morgan fingerprint density at radius 1 is 1.21 bits per heavy atom. The number of amides is 1. The van der Waals surface area contributed by atoms with Crippen molar-refractivity contribution in [3.63, 3.8) is 0 Å². The first kappa shape index (κ1) is 28.6. The van der Waals surface area contributed by atoms with E-state index in [2.05, 4.69) is 69.2 Å². The van der Waals surface area contributed by atoms with Crippen molar-refractivity contribution < 1.29 is 24.3 Å². The van der Waals surface area contributed by atoms with E-state index in [0.29, 0.717) is 23.5 Å². The first-order valence-electron chi connectivity index (χ1n) is 14.1. The number of hydrogen-bond acceptors (Lipinski definition) is 9. The third kappa shape index (κ3) is 4.93. The molecule has 5 N–H and O–H groups in total. The largest absolute Gasteiger partial charge is 0.387 e. The van der Waals surface area contributed by atoms with Gasteiger partial charge in [0.2, 0.25) is 18.3 Å². The molecule has 1 saturated heterocycles. The van der Waals surface area contributed by atoms with Gasteiger partial charge in [-0.15, -0.1) is 11.8 Å². The number of nitrogens with zero attached hydrogens (tertiary/aromatic N) is 6. The van der Waals surface area contributed by atoms with Crippen LogP contribution in [0, 0.1) is 13.8 Å². The molecule has 1 amide bonds. The van der Waals surface area contributed by atoms with Crippen LogP contribution in [0.3, 0.4) is 0 Å². The Bertz CT molecular complexity index is 1650. The van der Waals surface area contributed by atoms with E-state index >= 15 is 0 Å². The van der Waals surface area contributed by atoms with Crippen LogP contribution in [0.5, 0.6) is 0 Å². The molecule has 6 rings (SSSR count). The number of nitrogens with one attached hydrogen (secondary N) is 1. The molecule has 4 atom stereocenters. The number of rotatable bonds is 9. The topological polar surface area (TPSA) is 156 Å². The second-order valence-electron chi connectivity index (χ2n) is 11.2. The van der Waals surface area contributed by atoms with Crippen LogP contribution >= 0.6 is 11.8 Å². The minimum atomic E-state index is -1.18. The lowest BCUT2D eigenvalue weighted by Crippen LogP contribution is -2.33. The van der Waals surface area contributed by atoms with Crippen molar-refractivity contribution in [1.29, 1.82) is 0 Å². The number of carbonyl (C=O) groups excluding carboxylic acids is 1. The highest BCUT2D eigenvalue weighted by Gasteiger charge is 2.44. The molecular formula is C29H37N8O4S+. The van der Waals surface area contributed by atoms with Crippen LogP contribution in [0.1, 0.15) is 49.9 Å². The Hall–Kier alpha value is -3.52. The molecule has 13 heteroatoms. The zero-order valence-corrected chi connectivity index (χ0v) is 25.1. The molecule has 222 valence electrons. The molecule has 42 heavy (non-hydrogen) atoms. The SMILES string of the molecule is CC1=CC(C)=[N+]2Cn3c(C)cc(C)c3C(CCCNC(=O)CSC[C@H]3O[C@@H](n4cnc5c(N)ncnc54)[C@@H](O)C3O)=C12. The zero-order chi connectivity index (χ0) is 29.7. The van der Waals surface area contributed by atoms with Crippen LogP contribution in [0.25, 0.3) is 16.7 Å². The number of aliphatic hydroxyl groups excluding tert-OH is 2. The minimum absolute atomic E-state index is 0.0724. The molecule has 0 aromatic carbocycles. The van der Waals surface area contributed by atoms with Gasteiger partial charge in [0, 0.05) is 42.1 Å². The average molecular weight is 594 g/mol. The lowest BCUT2D eigenvalue weighted by Gasteiger charge is -2.21. The van der Waals surface area contributed by atoms with Gasteiger partial charge in [-0.3, -0.25) is 13.9 Å². The van der Waals surface area contributed by atoms with Crippen LogP contribution in [-0.2, 0) is 16.2 Å². The van der Waals surface area contributed by atoms with Crippen LogP contribution in [0.4, 0.5) is 5.82 Å². The summed E-state index contributed by atoms with van der Waals surface area (Å²) in [6.45, 7) is 10.1. The predicted octanol–water partition coefficient (Wildman–Crippen LogP) is 1.89. The Morgan fingerprint density at radius 3 is 2.83 bits per heavy atom. The number of anilines is 1. The maximum atomic E-state index is 12.6. The molecule has 0 aliphatic carbocycles.